The molecular weight excluding hydrogens is 335 g/mol. The second-order valence-corrected chi connectivity index (χ2v) is 6.02. The number of halogens is 1. The number of rotatable bonds is 2. The van der Waals surface area contributed by atoms with Gasteiger partial charge < -0.3 is 4.74 Å². The van der Waals surface area contributed by atoms with E-state index in [0.717, 1.165) is 12.8 Å². The molecule has 0 aromatic heterocycles. The summed E-state index contributed by atoms with van der Waals surface area (Å²) >= 11 is 2.39. The third kappa shape index (κ3) is 2.59. The maximum absolute atomic E-state index is 6.10. The van der Waals surface area contributed by atoms with Crippen LogP contribution in [-0.4, -0.2) is 4.11 Å². The van der Waals surface area contributed by atoms with Gasteiger partial charge in [-0.15, -0.1) is 0 Å². The standard InChI is InChI=1S/C16H15IO/c17-16-11-13-8-4-5-9-14(13)15(18-16)10-12-6-2-1-3-7-12/h1-9,15-16H,10-11H2. The fourth-order valence-electron chi connectivity index (χ4n) is 2.49. The summed E-state index contributed by atoms with van der Waals surface area (Å²) in [7, 11) is 0. The monoisotopic (exact) mass is 350 g/mol. The molecule has 0 bridgehead atoms. The van der Waals surface area contributed by atoms with E-state index in [0.29, 0.717) is 0 Å². The minimum atomic E-state index is 0.194. The van der Waals surface area contributed by atoms with E-state index in [1.807, 2.05) is 0 Å². The second-order valence-electron chi connectivity index (χ2n) is 4.63. The van der Waals surface area contributed by atoms with Crippen LogP contribution in [0.3, 0.4) is 0 Å². The van der Waals surface area contributed by atoms with Crippen LogP contribution in [0.25, 0.3) is 0 Å². The van der Waals surface area contributed by atoms with Crippen LogP contribution in [0.5, 0.6) is 0 Å². The van der Waals surface area contributed by atoms with Gasteiger partial charge in [-0.2, -0.15) is 0 Å². The van der Waals surface area contributed by atoms with Crippen LogP contribution in [0, 0.1) is 0 Å². The van der Waals surface area contributed by atoms with Crippen LogP contribution < -0.4 is 0 Å². The van der Waals surface area contributed by atoms with Gasteiger partial charge in [0, 0.05) is 12.8 Å². The number of hydrogen-bond donors (Lipinski definition) is 0. The highest BCUT2D eigenvalue weighted by Crippen LogP contribution is 2.34. The number of hydrogen-bond acceptors (Lipinski definition) is 1. The van der Waals surface area contributed by atoms with E-state index in [2.05, 4.69) is 77.2 Å². The molecule has 1 nitrogen and oxygen atoms in total. The van der Waals surface area contributed by atoms with Crippen molar-refractivity contribution < 1.29 is 4.74 Å². The molecule has 0 saturated carbocycles. The average molecular weight is 350 g/mol. The maximum Gasteiger partial charge on any atom is 0.113 e. The molecule has 0 saturated heterocycles. The van der Waals surface area contributed by atoms with Gasteiger partial charge in [0.1, 0.15) is 4.11 Å². The molecule has 2 aromatic rings. The van der Waals surface area contributed by atoms with Crippen molar-refractivity contribution in [2.24, 2.45) is 0 Å². The first kappa shape index (κ1) is 12.2. The molecule has 1 aliphatic heterocycles. The highest BCUT2D eigenvalue weighted by Gasteiger charge is 2.25. The molecule has 2 heteroatoms. The fourth-order valence-corrected chi connectivity index (χ4v) is 3.32. The van der Waals surface area contributed by atoms with Crippen LogP contribution in [0.4, 0.5) is 0 Å². The zero-order valence-corrected chi connectivity index (χ0v) is 12.2. The molecule has 18 heavy (non-hydrogen) atoms. The zero-order valence-electron chi connectivity index (χ0n) is 10.1. The summed E-state index contributed by atoms with van der Waals surface area (Å²) in [6, 6.07) is 19.2. The van der Waals surface area contributed by atoms with Crippen molar-refractivity contribution in [2.45, 2.75) is 23.1 Å². The predicted octanol–water partition coefficient (Wildman–Crippen LogP) is 4.30. The molecule has 2 unspecified atom stereocenters. The van der Waals surface area contributed by atoms with Crippen molar-refractivity contribution >= 4 is 22.6 Å². The van der Waals surface area contributed by atoms with Crippen molar-refractivity contribution in [1.29, 1.82) is 0 Å². The molecule has 0 aliphatic carbocycles. The Labute approximate surface area is 121 Å². The lowest BCUT2D eigenvalue weighted by molar-refractivity contribution is 0.0313. The molecule has 92 valence electrons. The third-order valence-electron chi connectivity index (χ3n) is 3.36. The summed E-state index contributed by atoms with van der Waals surface area (Å²) in [5.74, 6) is 0. The number of fused-ring (bicyclic) bond motifs is 1. The molecule has 0 amide bonds. The van der Waals surface area contributed by atoms with Crippen LogP contribution in [0.2, 0.25) is 0 Å². The van der Waals surface area contributed by atoms with Crippen LogP contribution in [-0.2, 0) is 17.6 Å². The summed E-state index contributed by atoms with van der Waals surface area (Å²) < 4.78 is 6.39. The lowest BCUT2D eigenvalue weighted by Crippen LogP contribution is -2.22. The quantitative estimate of drug-likeness (QED) is 0.580. The van der Waals surface area contributed by atoms with Gasteiger partial charge in [0.2, 0.25) is 0 Å². The molecule has 1 aliphatic rings. The molecule has 0 radical (unpaired) electrons. The first-order chi connectivity index (χ1) is 8.83. The second kappa shape index (κ2) is 5.41. The van der Waals surface area contributed by atoms with Crippen molar-refractivity contribution in [3.05, 3.63) is 71.3 Å². The van der Waals surface area contributed by atoms with Gasteiger partial charge in [-0.3, -0.25) is 0 Å². The Morgan fingerprint density at radius 2 is 1.72 bits per heavy atom. The highest BCUT2D eigenvalue weighted by atomic mass is 127. The number of benzene rings is 2. The topological polar surface area (TPSA) is 9.23 Å². The lowest BCUT2D eigenvalue weighted by Gasteiger charge is -2.29. The van der Waals surface area contributed by atoms with Crippen molar-refractivity contribution in [3.63, 3.8) is 0 Å². The normalized spacial score (nSPS) is 22.5. The van der Waals surface area contributed by atoms with Crippen LogP contribution in [0.15, 0.2) is 54.6 Å². The van der Waals surface area contributed by atoms with Gasteiger partial charge in [-0.25, -0.2) is 0 Å². The van der Waals surface area contributed by atoms with E-state index < -0.39 is 0 Å². The molecule has 0 N–H and O–H groups in total. The minimum Gasteiger partial charge on any atom is -0.359 e. The summed E-state index contributed by atoms with van der Waals surface area (Å²) in [5, 5.41) is 0. The predicted molar refractivity (Wildman–Crippen MR) is 81.9 cm³/mol. The fraction of sp³-hybridized carbons (Fsp3) is 0.250. The Hall–Kier alpha value is -0.870. The molecule has 0 spiro atoms. The Bertz CT molecular complexity index is 524. The van der Waals surface area contributed by atoms with E-state index in [1.54, 1.807) is 0 Å². The summed E-state index contributed by atoms with van der Waals surface area (Å²) in [4.78, 5) is 0. The van der Waals surface area contributed by atoms with E-state index >= 15 is 0 Å². The first-order valence-electron chi connectivity index (χ1n) is 6.24. The van der Waals surface area contributed by atoms with Gasteiger partial charge in [0.05, 0.1) is 6.10 Å². The van der Waals surface area contributed by atoms with Gasteiger partial charge >= 0.3 is 0 Å². The maximum atomic E-state index is 6.10. The minimum absolute atomic E-state index is 0.194. The molecule has 0 fully saturated rings. The van der Waals surface area contributed by atoms with Crippen molar-refractivity contribution in [3.8, 4) is 0 Å². The third-order valence-corrected chi connectivity index (χ3v) is 4.09. The van der Waals surface area contributed by atoms with Crippen molar-refractivity contribution in [1.82, 2.24) is 0 Å². The Kier molecular flexibility index (Phi) is 3.66. The zero-order chi connectivity index (χ0) is 12.4. The molecule has 1 heterocycles. The van der Waals surface area contributed by atoms with E-state index in [9.17, 15) is 0 Å². The van der Waals surface area contributed by atoms with E-state index in [-0.39, 0.29) is 10.2 Å². The lowest BCUT2D eigenvalue weighted by atomic mass is 9.93. The van der Waals surface area contributed by atoms with E-state index in [4.69, 9.17) is 4.74 Å². The Morgan fingerprint density at radius 1 is 1.00 bits per heavy atom. The first-order valence-corrected chi connectivity index (χ1v) is 7.49. The van der Waals surface area contributed by atoms with Crippen LogP contribution >= 0.6 is 22.6 Å². The van der Waals surface area contributed by atoms with Gasteiger partial charge in [-0.05, 0) is 16.7 Å². The SMILES string of the molecule is IC1Cc2ccccc2C(Cc2ccccc2)O1. The summed E-state index contributed by atoms with van der Waals surface area (Å²) in [6.45, 7) is 0. The summed E-state index contributed by atoms with van der Waals surface area (Å²) in [5.41, 5.74) is 4.13. The summed E-state index contributed by atoms with van der Waals surface area (Å²) in [6.07, 6.45) is 2.17. The highest BCUT2D eigenvalue weighted by molar-refractivity contribution is 14.1. The number of alkyl halides is 1. The largest absolute Gasteiger partial charge is 0.359 e. The van der Waals surface area contributed by atoms with Crippen LogP contribution in [0.1, 0.15) is 22.8 Å². The molecule has 3 rings (SSSR count). The van der Waals surface area contributed by atoms with Gasteiger partial charge in [0.15, 0.2) is 0 Å². The smallest absolute Gasteiger partial charge is 0.113 e. The van der Waals surface area contributed by atoms with Crippen molar-refractivity contribution in [2.75, 3.05) is 0 Å². The Morgan fingerprint density at radius 3 is 2.56 bits per heavy atom. The Balaban J connectivity index is 1.89. The number of ether oxygens (including phenoxy) is 1. The van der Waals surface area contributed by atoms with Gasteiger partial charge in [-0.1, -0.05) is 77.2 Å². The molecular formula is C16H15IO. The van der Waals surface area contributed by atoms with Gasteiger partial charge in [0.25, 0.3) is 0 Å². The van der Waals surface area contributed by atoms with E-state index in [1.165, 1.54) is 16.7 Å². The molecule has 2 atom stereocenters. The molecule has 2 aromatic carbocycles. The average Bonchev–Trinajstić information content (AvgIpc) is 2.40.